The van der Waals surface area contributed by atoms with E-state index < -0.39 is 0 Å². The highest BCUT2D eigenvalue weighted by Crippen LogP contribution is 2.30. The number of hydrogen-bond acceptors (Lipinski definition) is 2. The largest absolute Gasteiger partial charge is 0.366 e. The van der Waals surface area contributed by atoms with E-state index in [9.17, 15) is 4.79 Å². The van der Waals surface area contributed by atoms with E-state index >= 15 is 0 Å². The third kappa shape index (κ3) is 1.58. The predicted octanol–water partition coefficient (Wildman–Crippen LogP) is 1.95. The Morgan fingerprint density at radius 2 is 2.25 bits per heavy atom. The summed E-state index contributed by atoms with van der Waals surface area (Å²) in [5.41, 5.74) is 0.576. The molecule has 0 aromatic carbocycles. The van der Waals surface area contributed by atoms with Crippen LogP contribution in [-0.4, -0.2) is 18.0 Å². The van der Waals surface area contributed by atoms with E-state index in [1.165, 1.54) is 0 Å². The number of hydrogen-bond donors (Lipinski definition) is 0. The normalized spacial score (nSPS) is 29.2. The second-order valence-electron chi connectivity index (χ2n) is 3.85. The summed E-state index contributed by atoms with van der Waals surface area (Å²) in [5.74, 6) is 0.536. The lowest BCUT2D eigenvalue weighted by molar-refractivity contribution is -0.114. The van der Waals surface area contributed by atoms with Gasteiger partial charge in [0.25, 0.3) is 0 Å². The van der Waals surface area contributed by atoms with Gasteiger partial charge in [-0.1, -0.05) is 13.8 Å². The van der Waals surface area contributed by atoms with Crippen LogP contribution in [0.3, 0.4) is 0 Å². The number of ketones is 1. The maximum absolute atomic E-state index is 11.0. The highest BCUT2D eigenvalue weighted by atomic mass is 16.5. The standard InChI is InChI=1S/C10H16O2/c1-7(2)10(4)5-9(6-12-10)8(3)11/h5,7H,6H2,1-4H3. The van der Waals surface area contributed by atoms with Gasteiger partial charge in [0.05, 0.1) is 12.2 Å². The Morgan fingerprint density at radius 3 is 2.50 bits per heavy atom. The van der Waals surface area contributed by atoms with Crippen LogP contribution in [-0.2, 0) is 9.53 Å². The fraction of sp³-hybridized carbons (Fsp3) is 0.700. The molecule has 2 nitrogen and oxygen atoms in total. The molecule has 1 unspecified atom stereocenters. The molecule has 0 spiro atoms. The lowest BCUT2D eigenvalue weighted by atomic mass is 9.91. The zero-order valence-electron chi connectivity index (χ0n) is 8.18. The van der Waals surface area contributed by atoms with Gasteiger partial charge < -0.3 is 4.74 Å². The van der Waals surface area contributed by atoms with Crippen molar-refractivity contribution in [1.82, 2.24) is 0 Å². The van der Waals surface area contributed by atoms with E-state index in [4.69, 9.17) is 4.74 Å². The first-order valence-electron chi connectivity index (χ1n) is 4.32. The monoisotopic (exact) mass is 168 g/mol. The lowest BCUT2D eigenvalue weighted by Crippen LogP contribution is -2.28. The molecule has 1 rings (SSSR count). The molecule has 0 aromatic heterocycles. The molecule has 0 N–H and O–H groups in total. The van der Waals surface area contributed by atoms with Crippen molar-refractivity contribution in [3.8, 4) is 0 Å². The molecule has 0 aromatic rings. The van der Waals surface area contributed by atoms with Crippen LogP contribution in [0.4, 0.5) is 0 Å². The van der Waals surface area contributed by atoms with Gasteiger partial charge in [0, 0.05) is 5.57 Å². The summed E-state index contributed by atoms with van der Waals surface area (Å²) in [5, 5.41) is 0. The van der Waals surface area contributed by atoms with Crippen molar-refractivity contribution in [3.05, 3.63) is 11.6 Å². The third-order valence-electron chi connectivity index (χ3n) is 2.60. The summed E-state index contributed by atoms with van der Waals surface area (Å²) >= 11 is 0. The van der Waals surface area contributed by atoms with Crippen LogP contribution in [0.15, 0.2) is 11.6 Å². The van der Waals surface area contributed by atoms with Gasteiger partial charge in [0.2, 0.25) is 0 Å². The molecule has 12 heavy (non-hydrogen) atoms. The highest BCUT2D eigenvalue weighted by molar-refractivity contribution is 5.94. The fourth-order valence-electron chi connectivity index (χ4n) is 1.20. The Labute approximate surface area is 73.6 Å². The van der Waals surface area contributed by atoms with Gasteiger partial charge in [-0.15, -0.1) is 0 Å². The van der Waals surface area contributed by atoms with Gasteiger partial charge in [-0.25, -0.2) is 0 Å². The first-order chi connectivity index (χ1) is 5.46. The van der Waals surface area contributed by atoms with Gasteiger partial charge in [0.1, 0.15) is 0 Å². The van der Waals surface area contributed by atoms with Gasteiger partial charge in [-0.3, -0.25) is 4.79 Å². The first kappa shape index (κ1) is 9.46. The molecule has 0 saturated carbocycles. The number of carbonyl (C=O) groups excluding carboxylic acids is 1. The molecule has 68 valence electrons. The minimum atomic E-state index is -0.235. The fourth-order valence-corrected chi connectivity index (χ4v) is 1.20. The number of Topliss-reactive ketones (excluding diaryl/α,β-unsaturated/α-hetero) is 1. The summed E-state index contributed by atoms with van der Waals surface area (Å²) in [6.45, 7) is 8.28. The molecule has 1 atom stereocenters. The third-order valence-corrected chi connectivity index (χ3v) is 2.60. The van der Waals surface area contributed by atoms with E-state index in [-0.39, 0.29) is 11.4 Å². The Morgan fingerprint density at radius 1 is 1.67 bits per heavy atom. The molecule has 0 aliphatic carbocycles. The van der Waals surface area contributed by atoms with Crippen molar-refractivity contribution in [2.45, 2.75) is 33.3 Å². The molecule has 1 heterocycles. The van der Waals surface area contributed by atoms with Crippen LogP contribution in [0, 0.1) is 5.92 Å². The van der Waals surface area contributed by atoms with E-state index in [1.54, 1.807) is 6.92 Å². The van der Waals surface area contributed by atoms with Crippen LogP contribution in [0.5, 0.6) is 0 Å². The van der Waals surface area contributed by atoms with Crippen molar-refractivity contribution < 1.29 is 9.53 Å². The molecular formula is C10H16O2. The molecular weight excluding hydrogens is 152 g/mol. The quantitative estimate of drug-likeness (QED) is 0.630. The molecule has 0 amide bonds. The number of rotatable bonds is 2. The summed E-state index contributed by atoms with van der Waals surface area (Å²) in [6, 6.07) is 0. The maximum Gasteiger partial charge on any atom is 0.157 e. The van der Waals surface area contributed by atoms with Gasteiger partial charge in [-0.05, 0) is 25.8 Å². The van der Waals surface area contributed by atoms with E-state index in [1.807, 2.05) is 13.0 Å². The smallest absolute Gasteiger partial charge is 0.157 e. The van der Waals surface area contributed by atoms with Crippen LogP contribution >= 0.6 is 0 Å². The van der Waals surface area contributed by atoms with Crippen molar-refractivity contribution in [2.24, 2.45) is 5.92 Å². The average Bonchev–Trinajstić information content (AvgIpc) is 2.33. The van der Waals surface area contributed by atoms with Gasteiger partial charge in [0.15, 0.2) is 5.78 Å². The molecule has 0 radical (unpaired) electrons. The van der Waals surface area contributed by atoms with Crippen molar-refractivity contribution in [2.75, 3.05) is 6.61 Å². The summed E-state index contributed by atoms with van der Waals surface area (Å²) in [7, 11) is 0. The van der Waals surface area contributed by atoms with Crippen LogP contribution in [0.25, 0.3) is 0 Å². The molecule has 2 heteroatoms. The molecule has 0 saturated heterocycles. The van der Waals surface area contributed by atoms with Gasteiger partial charge in [-0.2, -0.15) is 0 Å². The van der Waals surface area contributed by atoms with Crippen molar-refractivity contribution >= 4 is 5.78 Å². The maximum atomic E-state index is 11.0. The van der Waals surface area contributed by atoms with Gasteiger partial charge >= 0.3 is 0 Å². The summed E-state index contributed by atoms with van der Waals surface area (Å²) in [4.78, 5) is 11.0. The number of carbonyl (C=O) groups is 1. The molecule has 1 aliphatic rings. The first-order valence-corrected chi connectivity index (χ1v) is 4.32. The second-order valence-corrected chi connectivity index (χ2v) is 3.85. The lowest BCUT2D eigenvalue weighted by Gasteiger charge is -2.25. The minimum absolute atomic E-state index is 0.124. The van der Waals surface area contributed by atoms with E-state index in [0.717, 1.165) is 5.57 Å². The molecule has 0 fully saturated rings. The average molecular weight is 168 g/mol. The Bertz CT molecular complexity index is 228. The Kier molecular flexibility index (Phi) is 2.38. The zero-order chi connectivity index (χ0) is 9.35. The second kappa shape index (κ2) is 3.02. The highest BCUT2D eigenvalue weighted by Gasteiger charge is 2.33. The Balaban J connectivity index is 2.82. The van der Waals surface area contributed by atoms with Crippen LogP contribution in [0.2, 0.25) is 0 Å². The van der Waals surface area contributed by atoms with Crippen molar-refractivity contribution in [3.63, 3.8) is 0 Å². The number of ether oxygens (including phenoxy) is 1. The molecule has 0 bridgehead atoms. The van der Waals surface area contributed by atoms with Crippen LogP contribution < -0.4 is 0 Å². The summed E-state index contributed by atoms with van der Waals surface area (Å²) in [6.07, 6.45) is 1.96. The SMILES string of the molecule is CC(=O)C1=CC(C)(C(C)C)OC1. The van der Waals surface area contributed by atoms with Crippen molar-refractivity contribution in [1.29, 1.82) is 0 Å². The van der Waals surface area contributed by atoms with Crippen LogP contribution in [0.1, 0.15) is 27.7 Å². The zero-order valence-corrected chi connectivity index (χ0v) is 8.18. The minimum Gasteiger partial charge on any atom is -0.366 e. The topological polar surface area (TPSA) is 26.3 Å². The van der Waals surface area contributed by atoms with E-state index in [0.29, 0.717) is 12.5 Å². The molecule has 1 aliphatic heterocycles. The van der Waals surface area contributed by atoms with E-state index in [2.05, 4.69) is 13.8 Å². The Hall–Kier alpha value is -0.630. The predicted molar refractivity (Wildman–Crippen MR) is 48.0 cm³/mol. The summed E-state index contributed by atoms with van der Waals surface area (Å²) < 4.78 is 5.56.